The van der Waals surface area contributed by atoms with Crippen molar-refractivity contribution in [2.45, 2.75) is 45.3 Å². The molecule has 2 N–H and O–H groups in total. The van der Waals surface area contributed by atoms with Gasteiger partial charge in [0, 0.05) is 30.6 Å². The first kappa shape index (κ1) is 15.6. The fourth-order valence-corrected chi connectivity index (χ4v) is 2.15. The quantitative estimate of drug-likeness (QED) is 0.893. The molecule has 1 heterocycles. The molecule has 5 nitrogen and oxygen atoms in total. The molecule has 0 spiro atoms. The largest absolute Gasteiger partial charge is 0.444 e. The van der Waals surface area contributed by atoms with Gasteiger partial charge in [0.2, 0.25) is 0 Å². The molecule has 21 heavy (non-hydrogen) atoms. The van der Waals surface area contributed by atoms with Crippen LogP contribution in [0.15, 0.2) is 24.3 Å². The van der Waals surface area contributed by atoms with E-state index in [4.69, 9.17) is 9.47 Å². The average molecular weight is 292 g/mol. The Morgan fingerprint density at radius 1 is 1.14 bits per heavy atom. The Morgan fingerprint density at radius 2 is 1.71 bits per heavy atom. The Bertz CT molecular complexity index is 459. The summed E-state index contributed by atoms with van der Waals surface area (Å²) in [5.74, 6) is 0. The van der Waals surface area contributed by atoms with E-state index in [0.29, 0.717) is 6.04 Å². The first-order valence-corrected chi connectivity index (χ1v) is 7.37. The van der Waals surface area contributed by atoms with Crippen LogP contribution in [0.2, 0.25) is 0 Å². The van der Waals surface area contributed by atoms with E-state index in [1.807, 2.05) is 45.0 Å². The number of ether oxygens (including phenoxy) is 2. The highest BCUT2D eigenvalue weighted by Gasteiger charge is 2.16. The lowest BCUT2D eigenvalue weighted by molar-refractivity contribution is 0.0636. The van der Waals surface area contributed by atoms with E-state index >= 15 is 0 Å². The number of benzene rings is 1. The Labute approximate surface area is 126 Å². The summed E-state index contributed by atoms with van der Waals surface area (Å²) < 4.78 is 10.6. The van der Waals surface area contributed by atoms with Gasteiger partial charge in [-0.25, -0.2) is 4.79 Å². The van der Waals surface area contributed by atoms with Crippen LogP contribution < -0.4 is 10.6 Å². The molecule has 0 bridgehead atoms. The maximum atomic E-state index is 11.7. The molecular formula is C16H24N2O3. The van der Waals surface area contributed by atoms with Gasteiger partial charge in [-0.05, 0) is 57.9 Å². The summed E-state index contributed by atoms with van der Waals surface area (Å²) in [6, 6.07) is 8.12. The lowest BCUT2D eigenvalue weighted by Gasteiger charge is -2.24. The highest BCUT2D eigenvalue weighted by Crippen LogP contribution is 2.18. The number of hydrogen-bond acceptors (Lipinski definition) is 4. The van der Waals surface area contributed by atoms with Crippen molar-refractivity contribution in [3.05, 3.63) is 24.3 Å². The van der Waals surface area contributed by atoms with Gasteiger partial charge in [0.05, 0.1) is 0 Å². The molecule has 0 unspecified atom stereocenters. The van der Waals surface area contributed by atoms with Crippen LogP contribution in [-0.4, -0.2) is 30.9 Å². The topological polar surface area (TPSA) is 59.6 Å². The normalized spacial score (nSPS) is 16.3. The summed E-state index contributed by atoms with van der Waals surface area (Å²) >= 11 is 0. The minimum Gasteiger partial charge on any atom is -0.444 e. The van der Waals surface area contributed by atoms with E-state index in [1.54, 1.807) is 0 Å². The first-order valence-electron chi connectivity index (χ1n) is 7.37. The lowest BCUT2D eigenvalue weighted by Crippen LogP contribution is -2.28. The molecular weight excluding hydrogens is 268 g/mol. The third kappa shape index (κ3) is 5.63. The van der Waals surface area contributed by atoms with Crippen molar-refractivity contribution >= 4 is 17.5 Å². The monoisotopic (exact) mass is 292 g/mol. The van der Waals surface area contributed by atoms with Gasteiger partial charge in [0.25, 0.3) is 0 Å². The highest BCUT2D eigenvalue weighted by molar-refractivity contribution is 5.85. The second-order valence-electron chi connectivity index (χ2n) is 6.24. The van der Waals surface area contributed by atoms with Crippen molar-refractivity contribution in [1.82, 2.24) is 0 Å². The van der Waals surface area contributed by atoms with E-state index in [2.05, 4.69) is 10.6 Å². The van der Waals surface area contributed by atoms with Crippen LogP contribution in [0.1, 0.15) is 33.6 Å². The highest BCUT2D eigenvalue weighted by atomic mass is 16.6. The Kier molecular flexibility index (Phi) is 5.07. The third-order valence-corrected chi connectivity index (χ3v) is 3.12. The van der Waals surface area contributed by atoms with Gasteiger partial charge < -0.3 is 14.8 Å². The van der Waals surface area contributed by atoms with Gasteiger partial charge in [0.1, 0.15) is 5.60 Å². The smallest absolute Gasteiger partial charge is 0.412 e. The molecule has 0 aromatic heterocycles. The zero-order valence-corrected chi connectivity index (χ0v) is 12.9. The van der Waals surface area contributed by atoms with Crippen molar-refractivity contribution in [2.24, 2.45) is 0 Å². The number of anilines is 2. The van der Waals surface area contributed by atoms with Gasteiger partial charge in [-0.2, -0.15) is 0 Å². The molecule has 0 saturated carbocycles. The van der Waals surface area contributed by atoms with Gasteiger partial charge >= 0.3 is 6.09 Å². The van der Waals surface area contributed by atoms with Crippen LogP contribution in [-0.2, 0) is 9.47 Å². The van der Waals surface area contributed by atoms with E-state index in [1.165, 1.54) is 0 Å². The molecule has 1 saturated heterocycles. The number of rotatable bonds is 3. The second-order valence-corrected chi connectivity index (χ2v) is 6.24. The summed E-state index contributed by atoms with van der Waals surface area (Å²) in [6.07, 6.45) is 1.61. The summed E-state index contributed by atoms with van der Waals surface area (Å²) in [7, 11) is 0. The molecule has 116 valence electrons. The van der Waals surface area contributed by atoms with E-state index in [9.17, 15) is 4.79 Å². The Morgan fingerprint density at radius 3 is 2.29 bits per heavy atom. The Balaban J connectivity index is 1.85. The van der Waals surface area contributed by atoms with Crippen molar-refractivity contribution in [1.29, 1.82) is 0 Å². The molecule has 1 aromatic rings. The fraction of sp³-hybridized carbons (Fsp3) is 0.562. The van der Waals surface area contributed by atoms with Crippen molar-refractivity contribution in [3.8, 4) is 0 Å². The molecule has 1 amide bonds. The van der Waals surface area contributed by atoms with Gasteiger partial charge in [0.15, 0.2) is 0 Å². The summed E-state index contributed by atoms with van der Waals surface area (Å²) in [5.41, 5.74) is 1.28. The Hall–Kier alpha value is -1.75. The molecule has 5 heteroatoms. The lowest BCUT2D eigenvalue weighted by atomic mass is 10.1. The molecule has 1 aromatic carbocycles. The number of carbonyl (C=O) groups is 1. The first-order chi connectivity index (χ1) is 9.92. The number of carbonyl (C=O) groups excluding carboxylic acids is 1. The van der Waals surface area contributed by atoms with Crippen molar-refractivity contribution < 1.29 is 14.3 Å². The SMILES string of the molecule is CC(C)(C)OC(=O)Nc1ccc(NC2CCOCC2)cc1. The van der Waals surface area contributed by atoms with Crippen molar-refractivity contribution in [2.75, 3.05) is 23.8 Å². The standard InChI is InChI=1S/C16H24N2O3/c1-16(2,3)21-15(19)18-13-6-4-12(5-7-13)17-14-8-10-20-11-9-14/h4-7,14,17H,8-11H2,1-3H3,(H,18,19). The van der Waals surface area contributed by atoms with Crippen molar-refractivity contribution in [3.63, 3.8) is 0 Å². The predicted molar refractivity (Wildman–Crippen MR) is 83.8 cm³/mol. The van der Waals surface area contributed by atoms with E-state index < -0.39 is 11.7 Å². The number of hydrogen-bond donors (Lipinski definition) is 2. The molecule has 0 atom stereocenters. The zero-order chi connectivity index (χ0) is 15.3. The molecule has 1 aliphatic heterocycles. The maximum absolute atomic E-state index is 11.7. The number of amides is 1. The number of nitrogens with one attached hydrogen (secondary N) is 2. The second kappa shape index (κ2) is 6.80. The third-order valence-electron chi connectivity index (χ3n) is 3.12. The van der Waals surface area contributed by atoms with Crippen LogP contribution in [0.25, 0.3) is 0 Å². The van der Waals surface area contributed by atoms with E-state index in [0.717, 1.165) is 37.4 Å². The molecule has 2 rings (SSSR count). The molecule has 0 radical (unpaired) electrons. The molecule has 0 aliphatic carbocycles. The van der Waals surface area contributed by atoms with Crippen LogP contribution in [0.5, 0.6) is 0 Å². The van der Waals surface area contributed by atoms with Crippen LogP contribution in [0.3, 0.4) is 0 Å². The average Bonchev–Trinajstić information content (AvgIpc) is 2.40. The van der Waals surface area contributed by atoms with Crippen LogP contribution in [0, 0.1) is 0 Å². The van der Waals surface area contributed by atoms with Crippen LogP contribution >= 0.6 is 0 Å². The van der Waals surface area contributed by atoms with Crippen LogP contribution in [0.4, 0.5) is 16.2 Å². The van der Waals surface area contributed by atoms with Gasteiger partial charge in [-0.15, -0.1) is 0 Å². The summed E-state index contributed by atoms with van der Waals surface area (Å²) in [4.78, 5) is 11.7. The molecule has 1 fully saturated rings. The predicted octanol–water partition coefficient (Wildman–Crippen LogP) is 3.62. The van der Waals surface area contributed by atoms with Gasteiger partial charge in [-0.3, -0.25) is 5.32 Å². The fourth-order valence-electron chi connectivity index (χ4n) is 2.15. The summed E-state index contributed by atoms with van der Waals surface area (Å²) in [5, 5.41) is 6.20. The molecule has 1 aliphatic rings. The van der Waals surface area contributed by atoms with Gasteiger partial charge in [-0.1, -0.05) is 0 Å². The zero-order valence-electron chi connectivity index (χ0n) is 12.9. The van der Waals surface area contributed by atoms with E-state index in [-0.39, 0.29) is 0 Å². The summed E-state index contributed by atoms with van der Waals surface area (Å²) in [6.45, 7) is 7.15. The minimum atomic E-state index is -0.491. The minimum absolute atomic E-state index is 0.437. The maximum Gasteiger partial charge on any atom is 0.412 e.